The van der Waals surface area contributed by atoms with E-state index in [4.69, 9.17) is 4.52 Å². The van der Waals surface area contributed by atoms with Crippen LogP contribution in [0.3, 0.4) is 0 Å². The molecule has 124 valence electrons. The lowest BCUT2D eigenvalue weighted by Crippen LogP contribution is -2.46. The largest absolute Gasteiger partial charge is 0.340 e. The van der Waals surface area contributed by atoms with Crippen LogP contribution >= 0.6 is 0 Å². The Morgan fingerprint density at radius 3 is 2.73 bits per heavy atom. The maximum Gasteiger partial charge on any atom is 0.227 e. The number of hydrogen-bond acceptors (Lipinski definition) is 5. The van der Waals surface area contributed by atoms with Gasteiger partial charge in [-0.3, -0.25) is 4.79 Å². The Morgan fingerprint density at radius 1 is 1.41 bits per heavy atom. The summed E-state index contributed by atoms with van der Waals surface area (Å²) in [5.41, 5.74) is 0. The molecule has 1 aliphatic heterocycles. The number of carbonyl (C=O) groups is 1. The SMILES string of the molecule is CCCN(C(=O)CCc1nc(C(C)C)no1)C1CCNCC1. The third-order valence-electron chi connectivity index (χ3n) is 4.09. The molecule has 0 atom stereocenters. The first-order valence-corrected chi connectivity index (χ1v) is 8.44. The molecule has 2 heterocycles. The Labute approximate surface area is 132 Å². The maximum absolute atomic E-state index is 12.6. The van der Waals surface area contributed by atoms with E-state index in [0.717, 1.165) is 38.9 Å². The highest BCUT2D eigenvalue weighted by atomic mass is 16.5. The molecule has 0 aromatic carbocycles. The number of hydrogen-bond donors (Lipinski definition) is 1. The van der Waals surface area contributed by atoms with Crippen molar-refractivity contribution in [2.24, 2.45) is 0 Å². The van der Waals surface area contributed by atoms with Crippen LogP contribution in [0.5, 0.6) is 0 Å². The fourth-order valence-corrected chi connectivity index (χ4v) is 2.83. The molecule has 0 bridgehead atoms. The Bertz CT molecular complexity index is 466. The zero-order valence-corrected chi connectivity index (χ0v) is 14.0. The highest BCUT2D eigenvalue weighted by molar-refractivity contribution is 5.76. The topological polar surface area (TPSA) is 71.3 Å². The molecule has 1 fully saturated rings. The average molecular weight is 308 g/mol. The predicted molar refractivity (Wildman–Crippen MR) is 84.6 cm³/mol. The highest BCUT2D eigenvalue weighted by Crippen LogP contribution is 2.16. The van der Waals surface area contributed by atoms with E-state index in [1.165, 1.54) is 0 Å². The second-order valence-electron chi connectivity index (χ2n) is 6.27. The number of piperidine rings is 1. The second-order valence-corrected chi connectivity index (χ2v) is 6.27. The smallest absolute Gasteiger partial charge is 0.227 e. The fraction of sp³-hybridized carbons (Fsp3) is 0.812. The van der Waals surface area contributed by atoms with E-state index >= 15 is 0 Å². The van der Waals surface area contributed by atoms with E-state index in [9.17, 15) is 4.79 Å². The summed E-state index contributed by atoms with van der Waals surface area (Å²) in [5.74, 6) is 1.74. The molecule has 0 aliphatic carbocycles. The van der Waals surface area contributed by atoms with Crippen LogP contribution in [0, 0.1) is 0 Å². The van der Waals surface area contributed by atoms with Gasteiger partial charge in [-0.05, 0) is 32.4 Å². The van der Waals surface area contributed by atoms with Crippen molar-refractivity contribution in [1.82, 2.24) is 20.4 Å². The molecule has 22 heavy (non-hydrogen) atoms. The predicted octanol–water partition coefficient (Wildman–Crippen LogP) is 2.12. The van der Waals surface area contributed by atoms with E-state index in [1.807, 2.05) is 13.8 Å². The first-order chi connectivity index (χ1) is 10.6. The highest BCUT2D eigenvalue weighted by Gasteiger charge is 2.24. The summed E-state index contributed by atoms with van der Waals surface area (Å²) in [6.07, 6.45) is 4.06. The summed E-state index contributed by atoms with van der Waals surface area (Å²) in [6, 6.07) is 0.377. The number of carbonyl (C=O) groups excluding carboxylic acids is 1. The van der Waals surface area contributed by atoms with Gasteiger partial charge in [0, 0.05) is 31.3 Å². The average Bonchev–Trinajstić information content (AvgIpc) is 3.00. The molecule has 1 N–H and O–H groups in total. The quantitative estimate of drug-likeness (QED) is 0.835. The van der Waals surface area contributed by atoms with Crippen LogP contribution in [-0.4, -0.2) is 46.6 Å². The van der Waals surface area contributed by atoms with Crippen molar-refractivity contribution in [3.63, 3.8) is 0 Å². The van der Waals surface area contributed by atoms with Gasteiger partial charge in [-0.1, -0.05) is 25.9 Å². The van der Waals surface area contributed by atoms with Crippen LogP contribution in [-0.2, 0) is 11.2 Å². The van der Waals surface area contributed by atoms with Gasteiger partial charge in [-0.25, -0.2) is 0 Å². The summed E-state index contributed by atoms with van der Waals surface area (Å²) < 4.78 is 5.22. The van der Waals surface area contributed by atoms with Crippen LogP contribution in [0.2, 0.25) is 0 Å². The molecule has 0 unspecified atom stereocenters. The van der Waals surface area contributed by atoms with Gasteiger partial charge in [0.2, 0.25) is 11.8 Å². The third-order valence-corrected chi connectivity index (χ3v) is 4.09. The van der Waals surface area contributed by atoms with Gasteiger partial charge in [-0.2, -0.15) is 4.98 Å². The van der Waals surface area contributed by atoms with Crippen LogP contribution in [0.15, 0.2) is 4.52 Å². The van der Waals surface area contributed by atoms with E-state index in [1.54, 1.807) is 0 Å². The van der Waals surface area contributed by atoms with Gasteiger partial charge >= 0.3 is 0 Å². The van der Waals surface area contributed by atoms with E-state index in [2.05, 4.69) is 27.3 Å². The maximum atomic E-state index is 12.6. The van der Waals surface area contributed by atoms with Crippen LogP contribution < -0.4 is 5.32 Å². The number of aromatic nitrogens is 2. The summed E-state index contributed by atoms with van der Waals surface area (Å²) in [7, 11) is 0. The molecule has 1 amide bonds. The Balaban J connectivity index is 1.89. The molecule has 0 saturated carbocycles. The van der Waals surface area contributed by atoms with Crippen molar-refractivity contribution in [2.45, 2.75) is 64.8 Å². The molecule has 1 aromatic rings. The van der Waals surface area contributed by atoms with Crippen molar-refractivity contribution < 1.29 is 9.32 Å². The van der Waals surface area contributed by atoms with Gasteiger partial charge in [0.25, 0.3) is 0 Å². The van der Waals surface area contributed by atoms with Crippen molar-refractivity contribution >= 4 is 5.91 Å². The fourth-order valence-electron chi connectivity index (χ4n) is 2.83. The van der Waals surface area contributed by atoms with Crippen LogP contribution in [0.4, 0.5) is 0 Å². The number of rotatable bonds is 7. The molecule has 1 aromatic heterocycles. The van der Waals surface area contributed by atoms with Crippen molar-refractivity contribution in [2.75, 3.05) is 19.6 Å². The summed E-state index contributed by atoms with van der Waals surface area (Å²) in [4.78, 5) is 19.0. The Kier molecular flexibility index (Phi) is 6.36. The third kappa shape index (κ3) is 4.53. The molecule has 2 rings (SSSR count). The minimum atomic E-state index is 0.207. The Hall–Kier alpha value is -1.43. The molecule has 6 nitrogen and oxygen atoms in total. The lowest BCUT2D eigenvalue weighted by Gasteiger charge is -2.34. The van der Waals surface area contributed by atoms with E-state index in [-0.39, 0.29) is 11.8 Å². The molecule has 1 saturated heterocycles. The standard InChI is InChI=1S/C16H28N4O2/c1-4-11-20(13-7-9-17-10-8-13)15(21)6-5-14-18-16(12(2)3)19-22-14/h12-13,17H,4-11H2,1-3H3. The van der Waals surface area contributed by atoms with Crippen LogP contribution in [0.25, 0.3) is 0 Å². The van der Waals surface area contributed by atoms with Crippen molar-refractivity contribution in [3.05, 3.63) is 11.7 Å². The number of aryl methyl sites for hydroxylation is 1. The minimum Gasteiger partial charge on any atom is -0.340 e. The molecular formula is C16H28N4O2. The monoisotopic (exact) mass is 308 g/mol. The van der Waals surface area contributed by atoms with Gasteiger partial charge in [0.1, 0.15) is 0 Å². The first-order valence-electron chi connectivity index (χ1n) is 8.44. The molecule has 0 radical (unpaired) electrons. The molecule has 0 spiro atoms. The minimum absolute atomic E-state index is 0.207. The van der Waals surface area contributed by atoms with Gasteiger partial charge in [0.05, 0.1) is 0 Å². The van der Waals surface area contributed by atoms with E-state index in [0.29, 0.717) is 30.6 Å². The van der Waals surface area contributed by atoms with E-state index < -0.39 is 0 Å². The summed E-state index contributed by atoms with van der Waals surface area (Å²) >= 11 is 0. The van der Waals surface area contributed by atoms with Gasteiger partial charge < -0.3 is 14.7 Å². The van der Waals surface area contributed by atoms with Gasteiger partial charge in [-0.15, -0.1) is 0 Å². The lowest BCUT2D eigenvalue weighted by atomic mass is 10.0. The molecule has 6 heteroatoms. The number of amides is 1. The summed E-state index contributed by atoms with van der Waals surface area (Å²) in [5, 5.41) is 7.30. The lowest BCUT2D eigenvalue weighted by molar-refractivity contribution is -0.134. The van der Waals surface area contributed by atoms with Crippen molar-refractivity contribution in [1.29, 1.82) is 0 Å². The van der Waals surface area contributed by atoms with Crippen molar-refractivity contribution in [3.8, 4) is 0 Å². The first kappa shape index (κ1) is 16.9. The van der Waals surface area contributed by atoms with Crippen LogP contribution in [0.1, 0.15) is 64.1 Å². The summed E-state index contributed by atoms with van der Waals surface area (Å²) in [6.45, 7) is 9.01. The zero-order chi connectivity index (χ0) is 15.9. The molecular weight excluding hydrogens is 280 g/mol. The number of nitrogens with zero attached hydrogens (tertiary/aromatic N) is 3. The normalized spacial score (nSPS) is 16.2. The zero-order valence-electron chi connectivity index (χ0n) is 14.0. The second kappa shape index (κ2) is 8.27. The van der Waals surface area contributed by atoms with Gasteiger partial charge in [0.15, 0.2) is 5.82 Å². The number of nitrogens with one attached hydrogen (secondary N) is 1. The Morgan fingerprint density at radius 2 is 2.14 bits per heavy atom. The molecule has 1 aliphatic rings.